The third kappa shape index (κ3) is 5.68. The normalized spacial score (nSPS) is 24.8. The SMILES string of the molecule is N#CC1(NC(=O)[C@@H]2C[C@@H](F)CC[C@H]2c2nn(-c3ccc(F)cn3)cc2-c2ccc(N3CCS(=N)(=O)CC3)cc2)CC1. The van der Waals surface area contributed by atoms with Crippen molar-refractivity contribution < 1.29 is 17.8 Å². The van der Waals surface area contributed by atoms with Gasteiger partial charge in [-0.2, -0.15) is 10.4 Å². The molecule has 3 aromatic rings. The van der Waals surface area contributed by atoms with Gasteiger partial charge in [-0.05, 0) is 61.9 Å². The van der Waals surface area contributed by atoms with Crippen LogP contribution in [0.15, 0.2) is 48.8 Å². The zero-order valence-electron chi connectivity index (χ0n) is 22.4. The number of carbonyl (C=O) groups is 1. The summed E-state index contributed by atoms with van der Waals surface area (Å²) in [6.45, 7) is 1.10. The summed E-state index contributed by atoms with van der Waals surface area (Å²) in [5.41, 5.74) is 2.33. The fourth-order valence-electron chi connectivity index (χ4n) is 5.80. The summed E-state index contributed by atoms with van der Waals surface area (Å²) < 4.78 is 49.7. The van der Waals surface area contributed by atoms with Crippen LogP contribution in [0.1, 0.15) is 43.7 Å². The second-order valence-electron chi connectivity index (χ2n) is 11.3. The third-order valence-electron chi connectivity index (χ3n) is 8.42. The minimum absolute atomic E-state index is 0.0478. The first-order valence-corrected chi connectivity index (χ1v) is 15.7. The molecule has 2 aliphatic carbocycles. The number of hydrogen-bond acceptors (Lipinski definition) is 7. The minimum Gasteiger partial charge on any atom is -0.370 e. The Morgan fingerprint density at radius 3 is 2.51 bits per heavy atom. The molecule has 0 bridgehead atoms. The van der Waals surface area contributed by atoms with Crippen molar-refractivity contribution in [1.82, 2.24) is 20.1 Å². The number of pyridine rings is 1. The van der Waals surface area contributed by atoms with E-state index in [0.29, 0.717) is 61.8 Å². The van der Waals surface area contributed by atoms with Crippen molar-refractivity contribution in [2.75, 3.05) is 29.5 Å². The summed E-state index contributed by atoms with van der Waals surface area (Å²) in [6, 6.07) is 12.8. The van der Waals surface area contributed by atoms with E-state index in [1.54, 1.807) is 10.9 Å². The van der Waals surface area contributed by atoms with Gasteiger partial charge in [0.15, 0.2) is 5.82 Å². The average molecular weight is 580 g/mol. The topological polar surface area (TPSA) is 128 Å². The third-order valence-corrected chi connectivity index (χ3v) is 10.1. The molecule has 1 amide bonds. The molecule has 3 fully saturated rings. The van der Waals surface area contributed by atoms with Crippen molar-refractivity contribution in [3.8, 4) is 23.0 Å². The summed E-state index contributed by atoms with van der Waals surface area (Å²) in [6.07, 6.45) is 3.73. The Kier molecular flexibility index (Phi) is 7.01. The van der Waals surface area contributed by atoms with Crippen molar-refractivity contribution in [2.45, 2.75) is 49.7 Å². The summed E-state index contributed by atoms with van der Waals surface area (Å²) in [7, 11) is -2.50. The zero-order chi connectivity index (χ0) is 28.8. The molecule has 1 aliphatic heterocycles. The lowest BCUT2D eigenvalue weighted by molar-refractivity contribution is -0.128. The summed E-state index contributed by atoms with van der Waals surface area (Å²) >= 11 is 0. The lowest BCUT2D eigenvalue weighted by Gasteiger charge is -2.32. The first-order valence-electron chi connectivity index (χ1n) is 13.8. The number of nitrogens with one attached hydrogen (secondary N) is 2. The first-order chi connectivity index (χ1) is 19.7. The fraction of sp³-hybridized carbons (Fsp3) is 0.448. The number of alkyl halides is 1. The monoisotopic (exact) mass is 579 g/mol. The van der Waals surface area contributed by atoms with Crippen LogP contribution in [-0.4, -0.2) is 61.2 Å². The van der Waals surface area contributed by atoms with Crippen LogP contribution in [0.5, 0.6) is 0 Å². The van der Waals surface area contributed by atoms with E-state index in [1.165, 1.54) is 12.1 Å². The number of nitrogens with zero attached hydrogens (tertiary/aromatic N) is 5. The van der Waals surface area contributed by atoms with E-state index in [-0.39, 0.29) is 18.2 Å². The molecule has 214 valence electrons. The number of anilines is 1. The van der Waals surface area contributed by atoms with Gasteiger partial charge in [0.1, 0.15) is 17.5 Å². The van der Waals surface area contributed by atoms with Gasteiger partial charge in [-0.25, -0.2) is 22.7 Å². The van der Waals surface area contributed by atoms with E-state index < -0.39 is 33.2 Å². The van der Waals surface area contributed by atoms with Gasteiger partial charge in [0.05, 0.1) is 18.0 Å². The second-order valence-corrected chi connectivity index (χ2v) is 13.7. The minimum atomic E-state index is -2.50. The van der Waals surface area contributed by atoms with Crippen molar-refractivity contribution in [3.05, 3.63) is 60.3 Å². The highest BCUT2D eigenvalue weighted by atomic mass is 32.2. The molecule has 3 heterocycles. The summed E-state index contributed by atoms with van der Waals surface area (Å²) in [5.74, 6) is -0.803. The molecule has 9 nitrogen and oxygen atoms in total. The van der Waals surface area contributed by atoms with E-state index in [2.05, 4.69) is 21.3 Å². The maximum absolute atomic E-state index is 14.7. The Labute approximate surface area is 237 Å². The Morgan fingerprint density at radius 1 is 1.15 bits per heavy atom. The molecule has 3 atom stereocenters. The molecule has 12 heteroatoms. The highest BCUT2D eigenvalue weighted by Gasteiger charge is 2.48. The number of halogens is 2. The van der Waals surface area contributed by atoms with Crippen LogP contribution in [0.25, 0.3) is 16.9 Å². The van der Waals surface area contributed by atoms with Crippen molar-refractivity contribution in [3.63, 3.8) is 0 Å². The molecule has 0 radical (unpaired) electrons. The fourth-order valence-corrected chi connectivity index (χ4v) is 7.03. The molecule has 41 heavy (non-hydrogen) atoms. The van der Waals surface area contributed by atoms with Gasteiger partial charge in [-0.3, -0.25) is 9.57 Å². The number of amides is 1. The van der Waals surface area contributed by atoms with Crippen LogP contribution in [0.2, 0.25) is 0 Å². The number of rotatable bonds is 6. The molecule has 2 saturated carbocycles. The molecule has 2 N–H and O–H groups in total. The van der Waals surface area contributed by atoms with Crippen LogP contribution in [0.4, 0.5) is 14.5 Å². The predicted molar refractivity (Wildman–Crippen MR) is 150 cm³/mol. The predicted octanol–water partition coefficient (Wildman–Crippen LogP) is 4.33. The number of aromatic nitrogens is 3. The van der Waals surface area contributed by atoms with Gasteiger partial charge in [-0.15, -0.1) is 0 Å². The Balaban J connectivity index is 1.36. The molecule has 1 saturated heterocycles. The molecular weight excluding hydrogens is 548 g/mol. The van der Waals surface area contributed by atoms with Crippen LogP contribution in [-0.2, 0) is 14.5 Å². The summed E-state index contributed by atoms with van der Waals surface area (Å²) in [4.78, 5) is 19.7. The molecular formula is C29H31F2N7O2S. The quantitative estimate of drug-likeness (QED) is 0.447. The first kappa shape index (κ1) is 27.3. The van der Waals surface area contributed by atoms with E-state index in [9.17, 15) is 23.0 Å². The van der Waals surface area contributed by atoms with E-state index in [0.717, 1.165) is 23.0 Å². The molecule has 6 rings (SSSR count). The largest absolute Gasteiger partial charge is 0.370 e. The van der Waals surface area contributed by atoms with Gasteiger partial charge in [0.2, 0.25) is 5.91 Å². The lowest BCUT2D eigenvalue weighted by atomic mass is 9.74. The van der Waals surface area contributed by atoms with Crippen LogP contribution in [0, 0.1) is 27.8 Å². The van der Waals surface area contributed by atoms with Crippen LogP contribution in [0.3, 0.4) is 0 Å². The van der Waals surface area contributed by atoms with Crippen LogP contribution >= 0.6 is 0 Å². The second kappa shape index (κ2) is 10.5. The molecule has 1 aromatic carbocycles. The molecule has 3 aliphatic rings. The Bertz CT molecular complexity index is 1580. The smallest absolute Gasteiger partial charge is 0.225 e. The standard InChI is InChI=1S/C29H31F2N7O2S/c30-20-3-7-23(24(15-20)28(39)35-29(18-32)9-10-29)27-25(17-38(36-27)26-8-4-21(31)16-34-26)19-1-5-22(6-2-19)37-11-13-41(33,40)14-12-37/h1-2,4-6,8,16-17,20,23-24,33H,3,7,9-15H2,(H,35,39)/t20-,23+,24+/m0/s1. The zero-order valence-corrected chi connectivity index (χ0v) is 23.2. The van der Waals surface area contributed by atoms with Crippen molar-refractivity contribution in [2.24, 2.45) is 5.92 Å². The van der Waals surface area contributed by atoms with Gasteiger partial charge in [-0.1, -0.05) is 12.1 Å². The molecule has 0 spiro atoms. The number of benzene rings is 1. The molecule has 2 aromatic heterocycles. The highest BCUT2D eigenvalue weighted by Crippen LogP contribution is 2.44. The van der Waals surface area contributed by atoms with Crippen molar-refractivity contribution in [1.29, 1.82) is 10.0 Å². The van der Waals surface area contributed by atoms with Crippen molar-refractivity contribution >= 4 is 21.3 Å². The van der Waals surface area contributed by atoms with E-state index in [4.69, 9.17) is 9.88 Å². The summed E-state index contributed by atoms with van der Waals surface area (Å²) in [5, 5.41) is 17.2. The van der Waals surface area contributed by atoms with Gasteiger partial charge >= 0.3 is 0 Å². The maximum Gasteiger partial charge on any atom is 0.225 e. The van der Waals surface area contributed by atoms with Crippen LogP contribution < -0.4 is 10.2 Å². The lowest BCUT2D eigenvalue weighted by Crippen LogP contribution is -2.44. The van der Waals surface area contributed by atoms with Gasteiger partial charge in [0.25, 0.3) is 0 Å². The Morgan fingerprint density at radius 2 is 1.88 bits per heavy atom. The van der Waals surface area contributed by atoms with Gasteiger partial charge < -0.3 is 10.2 Å². The average Bonchev–Trinajstić information content (AvgIpc) is 3.60. The van der Waals surface area contributed by atoms with E-state index in [1.807, 2.05) is 24.3 Å². The van der Waals surface area contributed by atoms with Gasteiger partial charge in [0, 0.05) is 63.6 Å². The number of nitriles is 1. The maximum atomic E-state index is 14.7. The Hall–Kier alpha value is -3.85. The molecule has 0 unspecified atom stereocenters. The number of carbonyl (C=O) groups excluding carboxylic acids is 1. The highest BCUT2D eigenvalue weighted by molar-refractivity contribution is 7.92. The number of hydrogen-bond donors (Lipinski definition) is 2. The van der Waals surface area contributed by atoms with E-state index >= 15 is 0 Å².